The van der Waals surface area contributed by atoms with Crippen LogP contribution in [-0.4, -0.2) is 30.8 Å². The van der Waals surface area contributed by atoms with Crippen molar-refractivity contribution in [3.05, 3.63) is 88.0 Å². The van der Waals surface area contributed by atoms with Crippen molar-refractivity contribution in [2.45, 2.75) is 6.92 Å². The van der Waals surface area contributed by atoms with E-state index in [-0.39, 0.29) is 11.4 Å². The van der Waals surface area contributed by atoms with Gasteiger partial charge in [0.2, 0.25) is 0 Å². The number of hydrogen-bond acceptors (Lipinski definition) is 8. The van der Waals surface area contributed by atoms with Crippen molar-refractivity contribution in [1.82, 2.24) is 0 Å². The SMILES string of the molecule is CCOc1cc(/C=N\Nc2ccc([N+](=O)[O-])cc2)ccc1OC(=O)c1ccccc1OC. The molecule has 32 heavy (non-hydrogen) atoms. The molecule has 0 unspecified atom stereocenters. The maximum atomic E-state index is 12.6. The number of benzene rings is 3. The molecule has 9 nitrogen and oxygen atoms in total. The molecule has 0 amide bonds. The Morgan fingerprint density at radius 2 is 1.81 bits per heavy atom. The second-order valence-electron chi connectivity index (χ2n) is 6.40. The lowest BCUT2D eigenvalue weighted by molar-refractivity contribution is -0.384. The summed E-state index contributed by atoms with van der Waals surface area (Å²) < 4.78 is 16.4. The highest BCUT2D eigenvalue weighted by Crippen LogP contribution is 2.30. The number of methoxy groups -OCH3 is 1. The van der Waals surface area contributed by atoms with Crippen molar-refractivity contribution < 1.29 is 23.9 Å². The summed E-state index contributed by atoms with van der Waals surface area (Å²) in [5.74, 6) is 0.499. The van der Waals surface area contributed by atoms with E-state index in [4.69, 9.17) is 14.2 Å². The van der Waals surface area contributed by atoms with E-state index in [1.165, 1.54) is 19.2 Å². The number of nitro groups is 1. The molecular weight excluding hydrogens is 414 g/mol. The van der Waals surface area contributed by atoms with E-state index in [1.807, 2.05) is 6.92 Å². The smallest absolute Gasteiger partial charge is 0.347 e. The van der Waals surface area contributed by atoms with Crippen LogP contribution in [0.4, 0.5) is 11.4 Å². The Morgan fingerprint density at radius 3 is 2.50 bits per heavy atom. The summed E-state index contributed by atoms with van der Waals surface area (Å²) in [7, 11) is 1.48. The van der Waals surface area contributed by atoms with E-state index in [2.05, 4.69) is 10.5 Å². The average molecular weight is 435 g/mol. The topological polar surface area (TPSA) is 112 Å². The number of nitrogens with one attached hydrogen (secondary N) is 1. The monoisotopic (exact) mass is 435 g/mol. The summed E-state index contributed by atoms with van der Waals surface area (Å²) in [4.78, 5) is 22.8. The van der Waals surface area contributed by atoms with Gasteiger partial charge in [-0.2, -0.15) is 5.10 Å². The van der Waals surface area contributed by atoms with Crippen LogP contribution < -0.4 is 19.6 Å². The summed E-state index contributed by atoms with van der Waals surface area (Å²) in [5.41, 5.74) is 4.39. The number of para-hydroxylation sites is 1. The van der Waals surface area contributed by atoms with Gasteiger partial charge in [0, 0.05) is 12.1 Å². The highest BCUT2D eigenvalue weighted by atomic mass is 16.6. The zero-order chi connectivity index (χ0) is 22.9. The first kappa shape index (κ1) is 22.3. The van der Waals surface area contributed by atoms with Crippen molar-refractivity contribution in [2.75, 3.05) is 19.1 Å². The van der Waals surface area contributed by atoms with Crippen LogP contribution >= 0.6 is 0 Å². The fourth-order valence-electron chi connectivity index (χ4n) is 2.76. The van der Waals surface area contributed by atoms with E-state index >= 15 is 0 Å². The third-order valence-electron chi connectivity index (χ3n) is 4.28. The van der Waals surface area contributed by atoms with Crippen molar-refractivity contribution in [2.24, 2.45) is 5.10 Å². The van der Waals surface area contributed by atoms with Crippen LogP contribution in [0.1, 0.15) is 22.8 Å². The van der Waals surface area contributed by atoms with E-state index in [0.29, 0.717) is 34.9 Å². The first-order valence-electron chi connectivity index (χ1n) is 9.67. The molecule has 0 atom stereocenters. The first-order chi connectivity index (χ1) is 15.5. The quantitative estimate of drug-likeness (QED) is 0.171. The largest absolute Gasteiger partial charge is 0.496 e. The van der Waals surface area contributed by atoms with Gasteiger partial charge in [-0.05, 0) is 55.0 Å². The molecule has 0 saturated heterocycles. The van der Waals surface area contributed by atoms with Gasteiger partial charge in [0.15, 0.2) is 11.5 Å². The van der Waals surface area contributed by atoms with Crippen molar-refractivity contribution >= 4 is 23.6 Å². The Balaban J connectivity index is 1.73. The van der Waals surface area contributed by atoms with Gasteiger partial charge >= 0.3 is 5.97 Å². The molecule has 3 aromatic carbocycles. The summed E-state index contributed by atoms with van der Waals surface area (Å²) in [6.45, 7) is 2.20. The lowest BCUT2D eigenvalue weighted by atomic mass is 10.2. The van der Waals surface area contributed by atoms with Crippen molar-refractivity contribution in [3.8, 4) is 17.2 Å². The first-order valence-corrected chi connectivity index (χ1v) is 9.67. The Morgan fingerprint density at radius 1 is 1.06 bits per heavy atom. The van der Waals surface area contributed by atoms with Crippen LogP contribution in [0.5, 0.6) is 17.2 Å². The lowest BCUT2D eigenvalue weighted by Crippen LogP contribution is -2.11. The molecule has 9 heteroatoms. The van der Waals surface area contributed by atoms with Gasteiger partial charge < -0.3 is 14.2 Å². The van der Waals surface area contributed by atoms with Crippen molar-refractivity contribution in [3.63, 3.8) is 0 Å². The molecule has 0 bridgehead atoms. The number of non-ortho nitro benzene ring substituents is 1. The number of nitrogens with zero attached hydrogens (tertiary/aromatic N) is 2. The van der Waals surface area contributed by atoms with Gasteiger partial charge in [-0.15, -0.1) is 0 Å². The van der Waals surface area contributed by atoms with Gasteiger partial charge in [0.1, 0.15) is 11.3 Å². The molecule has 0 spiro atoms. The van der Waals surface area contributed by atoms with Gasteiger partial charge in [0.05, 0.1) is 30.5 Å². The number of ether oxygens (including phenoxy) is 3. The predicted molar refractivity (Wildman–Crippen MR) is 120 cm³/mol. The number of carbonyl (C=O) groups excluding carboxylic acids is 1. The normalized spacial score (nSPS) is 10.6. The van der Waals surface area contributed by atoms with Gasteiger partial charge in [-0.1, -0.05) is 12.1 Å². The Kier molecular flexibility index (Phi) is 7.37. The molecule has 0 aliphatic carbocycles. The number of hydrogen-bond donors (Lipinski definition) is 1. The second kappa shape index (κ2) is 10.6. The summed E-state index contributed by atoms with van der Waals surface area (Å²) in [5, 5.41) is 14.8. The average Bonchev–Trinajstić information content (AvgIpc) is 2.81. The van der Waals surface area contributed by atoms with E-state index in [0.717, 1.165) is 0 Å². The Bertz CT molecular complexity index is 1130. The molecule has 0 aliphatic rings. The molecule has 3 aromatic rings. The number of anilines is 1. The molecule has 164 valence electrons. The molecule has 0 aliphatic heterocycles. The fourth-order valence-corrected chi connectivity index (χ4v) is 2.76. The molecule has 0 heterocycles. The maximum absolute atomic E-state index is 12.6. The van der Waals surface area contributed by atoms with Crippen LogP contribution in [-0.2, 0) is 0 Å². The fraction of sp³-hybridized carbons (Fsp3) is 0.130. The van der Waals surface area contributed by atoms with E-state index in [9.17, 15) is 14.9 Å². The minimum absolute atomic E-state index is 0.000792. The standard InChI is InChI=1S/C23H21N3O6/c1-3-31-22-14-16(15-24-25-17-9-11-18(12-10-17)26(28)29)8-13-21(22)32-23(27)19-6-4-5-7-20(19)30-2/h4-15,25H,3H2,1-2H3/b24-15-. The van der Waals surface area contributed by atoms with Crippen molar-refractivity contribution in [1.29, 1.82) is 0 Å². The maximum Gasteiger partial charge on any atom is 0.347 e. The van der Waals surface area contributed by atoms with E-state index in [1.54, 1.807) is 60.8 Å². The minimum Gasteiger partial charge on any atom is -0.496 e. The summed E-state index contributed by atoms with van der Waals surface area (Å²) in [6.07, 6.45) is 1.55. The summed E-state index contributed by atoms with van der Waals surface area (Å²) >= 11 is 0. The number of hydrazone groups is 1. The van der Waals surface area contributed by atoms with E-state index < -0.39 is 10.9 Å². The molecule has 3 rings (SSSR count). The number of nitro benzene ring substituents is 1. The van der Waals surface area contributed by atoms with Gasteiger partial charge in [-0.3, -0.25) is 15.5 Å². The van der Waals surface area contributed by atoms with Crippen LogP contribution in [0.3, 0.4) is 0 Å². The third-order valence-corrected chi connectivity index (χ3v) is 4.28. The predicted octanol–water partition coefficient (Wildman–Crippen LogP) is 4.67. The second-order valence-corrected chi connectivity index (χ2v) is 6.40. The molecule has 0 radical (unpaired) electrons. The van der Waals surface area contributed by atoms with Crippen LogP contribution in [0.2, 0.25) is 0 Å². The number of carbonyl (C=O) groups is 1. The highest BCUT2D eigenvalue weighted by molar-refractivity contribution is 5.94. The van der Waals surface area contributed by atoms with Gasteiger partial charge in [0.25, 0.3) is 5.69 Å². The number of rotatable bonds is 9. The minimum atomic E-state index is -0.565. The zero-order valence-electron chi connectivity index (χ0n) is 17.5. The van der Waals surface area contributed by atoms with Crippen LogP contribution in [0.25, 0.3) is 0 Å². The molecule has 0 aromatic heterocycles. The van der Waals surface area contributed by atoms with Gasteiger partial charge in [-0.25, -0.2) is 4.79 Å². The van der Waals surface area contributed by atoms with Crippen LogP contribution in [0, 0.1) is 10.1 Å². The summed E-state index contributed by atoms with van der Waals surface area (Å²) in [6, 6.07) is 17.7. The highest BCUT2D eigenvalue weighted by Gasteiger charge is 2.16. The third kappa shape index (κ3) is 5.60. The Hall–Kier alpha value is -4.40. The zero-order valence-corrected chi connectivity index (χ0v) is 17.5. The molecule has 1 N–H and O–H groups in total. The molecular formula is C23H21N3O6. The molecule has 0 fully saturated rings. The lowest BCUT2D eigenvalue weighted by Gasteiger charge is -2.12. The number of esters is 1. The van der Waals surface area contributed by atoms with Crippen LogP contribution in [0.15, 0.2) is 71.8 Å². The molecule has 0 saturated carbocycles. The Labute approximate surface area is 184 Å².